The number of benzene rings is 1. The predicted octanol–water partition coefficient (Wildman–Crippen LogP) is 1.64. The molecular weight excluding hydrogens is 228 g/mol. The third kappa shape index (κ3) is 2.51. The van der Waals surface area contributed by atoms with Crippen LogP contribution in [0.25, 0.3) is 10.9 Å². The molecule has 0 saturated heterocycles. The molecule has 0 saturated carbocycles. The van der Waals surface area contributed by atoms with Crippen LogP contribution in [-0.4, -0.2) is 27.7 Å². The van der Waals surface area contributed by atoms with Crippen molar-refractivity contribution in [2.75, 3.05) is 17.7 Å². The molecule has 4 N–H and O–H groups in total. The number of anilines is 2. The highest BCUT2D eigenvalue weighted by Crippen LogP contribution is 2.22. The zero-order valence-corrected chi connectivity index (χ0v) is 10.6. The third-order valence-corrected chi connectivity index (χ3v) is 3.13. The Morgan fingerprint density at radius 3 is 2.72 bits per heavy atom. The number of fused-ring (bicyclic) bond motifs is 1. The van der Waals surface area contributed by atoms with Gasteiger partial charge in [0.2, 0.25) is 5.95 Å². The van der Waals surface area contributed by atoms with Crippen LogP contribution in [0.4, 0.5) is 11.8 Å². The summed E-state index contributed by atoms with van der Waals surface area (Å²) in [4.78, 5) is 8.42. The Hall–Kier alpha value is -1.88. The fourth-order valence-electron chi connectivity index (χ4n) is 1.72. The maximum Gasteiger partial charge on any atom is 0.222 e. The number of nitrogens with one attached hydrogen (secondary N) is 1. The third-order valence-electron chi connectivity index (χ3n) is 3.13. The molecule has 0 amide bonds. The maximum absolute atomic E-state index is 9.15. The highest BCUT2D eigenvalue weighted by Gasteiger charge is 2.13. The minimum Gasteiger partial charge on any atom is -0.396 e. The normalized spacial score (nSPS) is 14.4. The van der Waals surface area contributed by atoms with E-state index < -0.39 is 0 Å². The molecule has 2 atom stereocenters. The van der Waals surface area contributed by atoms with Crippen molar-refractivity contribution in [3.63, 3.8) is 0 Å². The van der Waals surface area contributed by atoms with Gasteiger partial charge in [-0.3, -0.25) is 0 Å². The quantitative estimate of drug-likeness (QED) is 0.763. The summed E-state index contributed by atoms with van der Waals surface area (Å²) in [7, 11) is 0. The molecule has 0 aliphatic heterocycles. The second-order valence-electron chi connectivity index (χ2n) is 4.54. The molecule has 96 valence electrons. The van der Waals surface area contributed by atoms with Crippen LogP contribution in [0, 0.1) is 5.92 Å². The van der Waals surface area contributed by atoms with Crippen molar-refractivity contribution in [2.45, 2.75) is 19.9 Å². The molecule has 0 radical (unpaired) electrons. The van der Waals surface area contributed by atoms with Gasteiger partial charge in [-0.1, -0.05) is 19.1 Å². The number of aliphatic hydroxyl groups is 1. The summed E-state index contributed by atoms with van der Waals surface area (Å²) in [6, 6.07) is 7.81. The van der Waals surface area contributed by atoms with Crippen molar-refractivity contribution in [3.8, 4) is 0 Å². The van der Waals surface area contributed by atoms with Gasteiger partial charge in [0.05, 0.1) is 5.52 Å². The van der Waals surface area contributed by atoms with Gasteiger partial charge in [-0.25, -0.2) is 4.98 Å². The second kappa shape index (κ2) is 5.18. The smallest absolute Gasteiger partial charge is 0.222 e. The Balaban J connectivity index is 2.38. The van der Waals surface area contributed by atoms with E-state index in [1.54, 1.807) is 0 Å². The van der Waals surface area contributed by atoms with E-state index in [4.69, 9.17) is 10.8 Å². The molecule has 5 heteroatoms. The summed E-state index contributed by atoms with van der Waals surface area (Å²) < 4.78 is 0. The zero-order chi connectivity index (χ0) is 13.1. The summed E-state index contributed by atoms with van der Waals surface area (Å²) in [6.07, 6.45) is 0. The first-order valence-electron chi connectivity index (χ1n) is 6.01. The van der Waals surface area contributed by atoms with E-state index in [1.165, 1.54) is 0 Å². The van der Waals surface area contributed by atoms with Gasteiger partial charge in [0, 0.05) is 18.0 Å². The Bertz CT molecular complexity index is 544. The fraction of sp³-hybridized carbons (Fsp3) is 0.385. The van der Waals surface area contributed by atoms with Crippen LogP contribution in [-0.2, 0) is 0 Å². The molecule has 0 bridgehead atoms. The molecule has 2 rings (SSSR count). The minimum atomic E-state index is 0.104. The van der Waals surface area contributed by atoms with Crippen LogP contribution in [0.3, 0.4) is 0 Å². The number of aliphatic hydroxyl groups excluding tert-OH is 1. The Morgan fingerprint density at radius 2 is 2.00 bits per heavy atom. The summed E-state index contributed by atoms with van der Waals surface area (Å²) in [5.41, 5.74) is 6.51. The van der Waals surface area contributed by atoms with E-state index in [9.17, 15) is 0 Å². The largest absolute Gasteiger partial charge is 0.396 e. The van der Waals surface area contributed by atoms with Crippen molar-refractivity contribution in [1.82, 2.24) is 9.97 Å². The summed E-state index contributed by atoms with van der Waals surface area (Å²) in [6.45, 7) is 4.12. The van der Waals surface area contributed by atoms with Crippen molar-refractivity contribution in [1.29, 1.82) is 0 Å². The van der Waals surface area contributed by atoms with Crippen LogP contribution in [0.15, 0.2) is 24.3 Å². The van der Waals surface area contributed by atoms with Crippen molar-refractivity contribution in [2.24, 2.45) is 5.92 Å². The standard InChI is InChI=1S/C13H18N4O/c1-8(7-18)9(2)15-12-10-5-3-4-6-11(10)16-13(14)17-12/h3-6,8-9,18H,7H2,1-2H3,(H3,14,15,16,17). The number of hydrogen-bond acceptors (Lipinski definition) is 5. The molecule has 1 heterocycles. The predicted molar refractivity (Wildman–Crippen MR) is 73.3 cm³/mol. The molecule has 0 fully saturated rings. The van der Waals surface area contributed by atoms with Crippen LogP contribution in [0.5, 0.6) is 0 Å². The summed E-state index contributed by atoms with van der Waals surface area (Å²) in [5, 5.41) is 13.4. The summed E-state index contributed by atoms with van der Waals surface area (Å²) in [5.74, 6) is 1.10. The molecule has 1 aromatic heterocycles. The van der Waals surface area contributed by atoms with Gasteiger partial charge in [0.15, 0.2) is 0 Å². The number of nitrogens with two attached hydrogens (primary N) is 1. The number of nitrogens with zero attached hydrogens (tertiary/aromatic N) is 2. The van der Waals surface area contributed by atoms with Gasteiger partial charge in [0.1, 0.15) is 5.82 Å². The van der Waals surface area contributed by atoms with Gasteiger partial charge in [-0.05, 0) is 25.0 Å². The van der Waals surface area contributed by atoms with Crippen molar-refractivity contribution >= 4 is 22.7 Å². The average molecular weight is 246 g/mol. The van der Waals surface area contributed by atoms with Crippen molar-refractivity contribution < 1.29 is 5.11 Å². The van der Waals surface area contributed by atoms with Crippen LogP contribution < -0.4 is 11.1 Å². The lowest BCUT2D eigenvalue weighted by atomic mass is 10.1. The first kappa shape index (κ1) is 12.6. The fourth-order valence-corrected chi connectivity index (χ4v) is 1.72. The topological polar surface area (TPSA) is 84.1 Å². The van der Waals surface area contributed by atoms with Crippen molar-refractivity contribution in [3.05, 3.63) is 24.3 Å². The first-order chi connectivity index (χ1) is 8.61. The van der Waals surface area contributed by atoms with E-state index in [2.05, 4.69) is 15.3 Å². The van der Waals surface area contributed by atoms with E-state index in [1.807, 2.05) is 38.1 Å². The van der Waals surface area contributed by atoms with E-state index in [0.29, 0.717) is 5.82 Å². The van der Waals surface area contributed by atoms with Gasteiger partial charge >= 0.3 is 0 Å². The van der Waals surface area contributed by atoms with Gasteiger partial charge in [0.25, 0.3) is 0 Å². The van der Waals surface area contributed by atoms with E-state index in [-0.39, 0.29) is 24.5 Å². The highest BCUT2D eigenvalue weighted by molar-refractivity contribution is 5.89. The minimum absolute atomic E-state index is 0.104. The van der Waals surface area contributed by atoms with Gasteiger partial charge in [-0.2, -0.15) is 4.98 Å². The second-order valence-corrected chi connectivity index (χ2v) is 4.54. The first-order valence-corrected chi connectivity index (χ1v) is 6.01. The van der Waals surface area contributed by atoms with Gasteiger partial charge < -0.3 is 16.2 Å². The molecular formula is C13H18N4O. The molecule has 0 spiro atoms. The average Bonchev–Trinajstić information content (AvgIpc) is 2.37. The lowest BCUT2D eigenvalue weighted by Gasteiger charge is -2.20. The lowest BCUT2D eigenvalue weighted by Crippen LogP contribution is -2.27. The SMILES string of the molecule is CC(CO)C(C)Nc1nc(N)nc2ccccc12. The molecule has 1 aromatic carbocycles. The molecule has 0 aliphatic carbocycles. The Kier molecular flexibility index (Phi) is 3.62. The number of nitrogen functional groups attached to an aromatic ring is 1. The maximum atomic E-state index is 9.15. The van der Waals surface area contributed by atoms with E-state index in [0.717, 1.165) is 10.9 Å². The van der Waals surface area contributed by atoms with Crippen LogP contribution in [0.2, 0.25) is 0 Å². The lowest BCUT2D eigenvalue weighted by molar-refractivity contribution is 0.226. The molecule has 0 aliphatic rings. The summed E-state index contributed by atoms with van der Waals surface area (Å²) >= 11 is 0. The monoisotopic (exact) mass is 246 g/mol. The Morgan fingerprint density at radius 1 is 1.28 bits per heavy atom. The molecule has 2 unspecified atom stereocenters. The van der Waals surface area contributed by atoms with E-state index >= 15 is 0 Å². The Labute approximate surface area is 106 Å². The van der Waals surface area contributed by atoms with Crippen LogP contribution >= 0.6 is 0 Å². The number of aromatic nitrogens is 2. The number of para-hydroxylation sites is 1. The van der Waals surface area contributed by atoms with Gasteiger partial charge in [-0.15, -0.1) is 0 Å². The number of hydrogen-bond donors (Lipinski definition) is 3. The molecule has 2 aromatic rings. The molecule has 18 heavy (non-hydrogen) atoms. The number of rotatable bonds is 4. The zero-order valence-electron chi connectivity index (χ0n) is 10.6. The van der Waals surface area contributed by atoms with Crippen LogP contribution in [0.1, 0.15) is 13.8 Å². The highest BCUT2D eigenvalue weighted by atomic mass is 16.3. The molecule has 5 nitrogen and oxygen atoms in total.